The fraction of sp³-hybridized carbons (Fsp3) is 0.462. The second kappa shape index (κ2) is 4.75. The normalized spacial score (nSPS) is 20.8. The molecule has 2 atom stereocenters. The number of rotatable bonds is 3. The molecule has 1 aromatic carbocycles. The van der Waals surface area contributed by atoms with E-state index in [0.29, 0.717) is 13.0 Å². The molecule has 3 N–H and O–H groups in total. The predicted molar refractivity (Wildman–Crippen MR) is 66.6 cm³/mol. The number of nitrogens with zero attached hydrogens (tertiary/aromatic N) is 1. The van der Waals surface area contributed by atoms with Crippen LogP contribution in [0, 0.1) is 5.92 Å². The third kappa shape index (κ3) is 2.42. The summed E-state index contributed by atoms with van der Waals surface area (Å²) in [6.07, 6.45) is 0.300. The molecule has 92 valence electrons. The van der Waals surface area contributed by atoms with Crippen LogP contribution in [0.1, 0.15) is 25.0 Å². The lowest BCUT2D eigenvalue weighted by Gasteiger charge is -2.34. The van der Waals surface area contributed by atoms with Crippen LogP contribution in [0.3, 0.4) is 0 Å². The molecular formula is C13H18N2O2. The fourth-order valence-corrected chi connectivity index (χ4v) is 2.22. The predicted octanol–water partition coefficient (Wildman–Crippen LogP) is 1.05. The summed E-state index contributed by atoms with van der Waals surface area (Å²) in [4.78, 5) is 13.2. The van der Waals surface area contributed by atoms with Gasteiger partial charge in [-0.25, -0.2) is 0 Å². The minimum absolute atomic E-state index is 0.182. The zero-order valence-electron chi connectivity index (χ0n) is 9.97. The van der Waals surface area contributed by atoms with Crippen LogP contribution in [0.5, 0.6) is 0 Å². The van der Waals surface area contributed by atoms with Crippen LogP contribution in [0.15, 0.2) is 24.3 Å². The molecule has 0 aliphatic carbocycles. The van der Waals surface area contributed by atoms with E-state index in [2.05, 4.69) is 4.90 Å². The molecule has 1 aromatic rings. The fourth-order valence-electron chi connectivity index (χ4n) is 2.22. The van der Waals surface area contributed by atoms with Gasteiger partial charge in [-0.2, -0.15) is 0 Å². The molecule has 1 amide bonds. The monoisotopic (exact) mass is 234 g/mol. The number of anilines is 1. The van der Waals surface area contributed by atoms with Gasteiger partial charge >= 0.3 is 0 Å². The van der Waals surface area contributed by atoms with Gasteiger partial charge in [-0.15, -0.1) is 0 Å². The highest BCUT2D eigenvalue weighted by Gasteiger charge is 2.24. The molecule has 0 aromatic heterocycles. The van der Waals surface area contributed by atoms with Crippen LogP contribution in [0.2, 0.25) is 0 Å². The highest BCUT2D eigenvalue weighted by molar-refractivity contribution is 5.77. The van der Waals surface area contributed by atoms with E-state index in [1.165, 1.54) is 0 Å². The minimum Gasteiger partial charge on any atom is -0.388 e. The second-order valence-corrected chi connectivity index (χ2v) is 4.61. The minimum atomic E-state index is -0.397. The number of primary amides is 1. The molecule has 0 saturated carbocycles. The number of aliphatic hydroxyl groups is 1. The summed E-state index contributed by atoms with van der Waals surface area (Å²) in [6.45, 7) is 3.20. The lowest BCUT2D eigenvalue weighted by molar-refractivity contribution is -0.121. The number of benzene rings is 1. The van der Waals surface area contributed by atoms with E-state index >= 15 is 0 Å². The lowest BCUT2D eigenvalue weighted by atomic mass is 9.97. The van der Waals surface area contributed by atoms with Crippen molar-refractivity contribution in [2.45, 2.75) is 19.4 Å². The first-order valence-electron chi connectivity index (χ1n) is 5.91. The van der Waals surface area contributed by atoms with Gasteiger partial charge in [0.1, 0.15) is 0 Å². The van der Waals surface area contributed by atoms with Crippen LogP contribution in [0.25, 0.3) is 0 Å². The second-order valence-electron chi connectivity index (χ2n) is 4.61. The van der Waals surface area contributed by atoms with E-state index < -0.39 is 6.10 Å². The van der Waals surface area contributed by atoms with E-state index in [4.69, 9.17) is 5.73 Å². The Bertz CT molecular complexity index is 420. The molecule has 2 unspecified atom stereocenters. The maximum absolute atomic E-state index is 11.1. The SMILES string of the molecule is CC(CN1CCC(O)c2ccccc21)C(N)=O. The highest BCUT2D eigenvalue weighted by Crippen LogP contribution is 2.33. The number of hydrogen-bond donors (Lipinski definition) is 2. The summed E-state index contributed by atoms with van der Waals surface area (Å²) < 4.78 is 0. The molecule has 0 spiro atoms. The van der Waals surface area contributed by atoms with Gasteiger partial charge in [0.05, 0.1) is 12.0 Å². The molecule has 4 heteroatoms. The van der Waals surface area contributed by atoms with Crippen LogP contribution in [-0.2, 0) is 4.79 Å². The first kappa shape index (κ1) is 11.9. The number of carbonyl (C=O) groups is 1. The smallest absolute Gasteiger partial charge is 0.222 e. The standard InChI is InChI=1S/C13H18N2O2/c1-9(13(14)17)8-15-7-6-12(16)10-4-2-3-5-11(10)15/h2-5,9,12,16H,6-8H2,1H3,(H2,14,17). The molecule has 1 aliphatic heterocycles. The number of nitrogens with two attached hydrogens (primary N) is 1. The zero-order valence-corrected chi connectivity index (χ0v) is 9.97. The maximum atomic E-state index is 11.1. The molecular weight excluding hydrogens is 216 g/mol. The first-order chi connectivity index (χ1) is 8.09. The molecule has 2 rings (SSSR count). The van der Waals surface area contributed by atoms with Gasteiger partial charge in [-0.1, -0.05) is 25.1 Å². The summed E-state index contributed by atoms with van der Waals surface area (Å²) in [5, 5.41) is 9.90. The van der Waals surface area contributed by atoms with Crippen molar-refractivity contribution in [1.29, 1.82) is 0 Å². The Morgan fingerprint density at radius 1 is 1.59 bits per heavy atom. The van der Waals surface area contributed by atoms with Crippen molar-refractivity contribution >= 4 is 11.6 Å². The van der Waals surface area contributed by atoms with Crippen molar-refractivity contribution < 1.29 is 9.90 Å². The molecule has 0 radical (unpaired) electrons. The van der Waals surface area contributed by atoms with E-state index in [-0.39, 0.29) is 11.8 Å². The number of aliphatic hydroxyl groups excluding tert-OH is 1. The number of para-hydroxylation sites is 1. The van der Waals surface area contributed by atoms with Crippen molar-refractivity contribution in [3.05, 3.63) is 29.8 Å². The summed E-state index contributed by atoms with van der Waals surface area (Å²) in [7, 11) is 0. The third-order valence-corrected chi connectivity index (χ3v) is 3.29. The number of amides is 1. The Balaban J connectivity index is 2.21. The number of hydrogen-bond acceptors (Lipinski definition) is 3. The van der Waals surface area contributed by atoms with E-state index in [1.54, 1.807) is 0 Å². The van der Waals surface area contributed by atoms with Gasteiger partial charge in [0.25, 0.3) is 0 Å². The number of carbonyl (C=O) groups excluding carboxylic acids is 1. The Morgan fingerprint density at radius 3 is 3.00 bits per heavy atom. The van der Waals surface area contributed by atoms with Crippen molar-refractivity contribution in [2.75, 3.05) is 18.0 Å². The molecule has 1 heterocycles. The Hall–Kier alpha value is -1.55. The van der Waals surface area contributed by atoms with Crippen molar-refractivity contribution in [3.8, 4) is 0 Å². The summed E-state index contributed by atoms with van der Waals surface area (Å²) in [5.41, 5.74) is 7.24. The average molecular weight is 234 g/mol. The Kier molecular flexibility index (Phi) is 3.33. The maximum Gasteiger partial charge on any atom is 0.222 e. The van der Waals surface area contributed by atoms with Crippen LogP contribution in [-0.4, -0.2) is 24.1 Å². The molecule has 17 heavy (non-hydrogen) atoms. The van der Waals surface area contributed by atoms with E-state index in [0.717, 1.165) is 17.8 Å². The molecule has 0 fully saturated rings. The van der Waals surface area contributed by atoms with Crippen LogP contribution >= 0.6 is 0 Å². The highest BCUT2D eigenvalue weighted by atomic mass is 16.3. The van der Waals surface area contributed by atoms with E-state index in [1.807, 2.05) is 31.2 Å². The van der Waals surface area contributed by atoms with Gasteiger partial charge in [-0.05, 0) is 12.5 Å². The van der Waals surface area contributed by atoms with Gasteiger partial charge in [0, 0.05) is 24.3 Å². The van der Waals surface area contributed by atoms with Crippen molar-refractivity contribution in [2.24, 2.45) is 11.7 Å². The molecule has 1 aliphatic rings. The lowest BCUT2D eigenvalue weighted by Crippen LogP contribution is -2.38. The van der Waals surface area contributed by atoms with Crippen molar-refractivity contribution in [1.82, 2.24) is 0 Å². The molecule has 0 bridgehead atoms. The Labute approximate surface area is 101 Å². The zero-order chi connectivity index (χ0) is 12.4. The summed E-state index contributed by atoms with van der Waals surface area (Å²) in [5.74, 6) is -0.466. The average Bonchev–Trinajstić information content (AvgIpc) is 2.33. The summed E-state index contributed by atoms with van der Waals surface area (Å²) >= 11 is 0. The summed E-state index contributed by atoms with van der Waals surface area (Å²) in [6, 6.07) is 7.77. The molecule has 4 nitrogen and oxygen atoms in total. The first-order valence-corrected chi connectivity index (χ1v) is 5.91. The van der Waals surface area contributed by atoms with Gasteiger partial charge in [-0.3, -0.25) is 4.79 Å². The third-order valence-electron chi connectivity index (χ3n) is 3.29. The van der Waals surface area contributed by atoms with Crippen molar-refractivity contribution in [3.63, 3.8) is 0 Å². The quantitative estimate of drug-likeness (QED) is 0.821. The van der Waals surface area contributed by atoms with Crippen LogP contribution < -0.4 is 10.6 Å². The van der Waals surface area contributed by atoms with Crippen LogP contribution in [0.4, 0.5) is 5.69 Å². The Morgan fingerprint density at radius 2 is 2.29 bits per heavy atom. The van der Waals surface area contributed by atoms with Gasteiger partial charge < -0.3 is 15.7 Å². The van der Waals surface area contributed by atoms with E-state index in [9.17, 15) is 9.90 Å². The number of fused-ring (bicyclic) bond motifs is 1. The molecule has 0 saturated heterocycles. The van der Waals surface area contributed by atoms with Gasteiger partial charge in [0.15, 0.2) is 0 Å². The largest absolute Gasteiger partial charge is 0.388 e. The topological polar surface area (TPSA) is 66.6 Å². The van der Waals surface area contributed by atoms with Gasteiger partial charge in [0.2, 0.25) is 5.91 Å².